The Balaban J connectivity index is 0. The third-order valence-corrected chi connectivity index (χ3v) is 2.20. The molecule has 0 saturated carbocycles. The molecule has 1 heterocycles. The molecule has 1 fully saturated rings. The predicted molar refractivity (Wildman–Crippen MR) is 78.4 cm³/mol. The van der Waals surface area contributed by atoms with Crippen LogP contribution in [0.5, 0.6) is 0 Å². The van der Waals surface area contributed by atoms with Crippen molar-refractivity contribution in [2.75, 3.05) is 0 Å². The zero-order valence-electron chi connectivity index (χ0n) is 11.6. The van der Waals surface area contributed by atoms with E-state index in [0.717, 1.165) is 6.42 Å². The lowest BCUT2D eigenvalue weighted by Gasteiger charge is -2.26. The van der Waals surface area contributed by atoms with Gasteiger partial charge >= 0.3 is 0 Å². The van der Waals surface area contributed by atoms with Crippen LogP contribution >= 0.6 is 0 Å². The summed E-state index contributed by atoms with van der Waals surface area (Å²) in [4.78, 5) is 8.36. The normalized spacial score (nSPS) is 21.6. The van der Waals surface area contributed by atoms with Crippen LogP contribution in [0, 0.1) is 0 Å². The van der Waals surface area contributed by atoms with Crippen molar-refractivity contribution >= 4 is 6.47 Å². The van der Waals surface area contributed by atoms with Gasteiger partial charge in [-0.15, -0.1) is 0 Å². The first-order valence-electron chi connectivity index (χ1n) is 6.18. The van der Waals surface area contributed by atoms with Gasteiger partial charge in [-0.25, -0.2) is 0 Å². The minimum Gasteiger partial charge on any atom is -0.483 e. The van der Waals surface area contributed by atoms with E-state index in [-0.39, 0.29) is 6.47 Å². The van der Waals surface area contributed by atoms with E-state index in [2.05, 4.69) is 31.5 Å². The number of carbonyl (C=O) groups is 1. The number of hydrogen-bond acceptors (Lipinski definition) is 2. The SMILES string of the molecule is C=C/C=C1/CC[C@@H](C)N/C1=C/C=C.CC.O=CO. The number of allylic oxidation sites excluding steroid dienone is 5. The van der Waals surface area contributed by atoms with E-state index in [1.807, 2.05) is 32.1 Å². The largest absolute Gasteiger partial charge is 0.483 e. The third-order valence-electron chi connectivity index (χ3n) is 2.20. The van der Waals surface area contributed by atoms with Crippen LogP contribution < -0.4 is 5.32 Å². The average Bonchev–Trinajstić information content (AvgIpc) is 2.37. The minimum atomic E-state index is -0.250. The number of piperidine rings is 1. The standard InChI is InChI=1S/C12H17N.C2H6.CH2O2/c1-4-6-11-9-8-10(3)13-12(11)7-5-2;1-2;2-1-3/h4-7,10,13H,1-2,8-9H2,3H3;1-2H3;1H,(H,2,3)/b11-6-,12-7+;;/t10-;;/m1../s1. The summed E-state index contributed by atoms with van der Waals surface area (Å²) in [6.45, 7) is 13.4. The summed E-state index contributed by atoms with van der Waals surface area (Å²) < 4.78 is 0. The van der Waals surface area contributed by atoms with Crippen molar-refractivity contribution in [1.82, 2.24) is 5.32 Å². The Morgan fingerprint density at radius 2 is 1.78 bits per heavy atom. The first-order chi connectivity index (χ1) is 8.69. The second-order valence-corrected chi connectivity index (χ2v) is 3.43. The van der Waals surface area contributed by atoms with Crippen LogP contribution in [0.1, 0.15) is 33.6 Å². The molecule has 0 aromatic heterocycles. The van der Waals surface area contributed by atoms with Crippen molar-refractivity contribution in [2.45, 2.75) is 39.7 Å². The fraction of sp³-hybridized carbons (Fsp3) is 0.400. The maximum atomic E-state index is 8.36. The molecule has 0 amide bonds. The number of hydrogen-bond donors (Lipinski definition) is 2. The highest BCUT2D eigenvalue weighted by Gasteiger charge is 2.14. The highest BCUT2D eigenvalue weighted by molar-refractivity contribution is 5.36. The number of carboxylic acid groups (broad SMARTS) is 1. The van der Waals surface area contributed by atoms with E-state index in [9.17, 15) is 0 Å². The predicted octanol–water partition coefficient (Wildman–Crippen LogP) is 3.67. The van der Waals surface area contributed by atoms with Crippen molar-refractivity contribution in [2.24, 2.45) is 0 Å². The molecule has 0 radical (unpaired) electrons. The highest BCUT2D eigenvalue weighted by Crippen LogP contribution is 2.21. The maximum Gasteiger partial charge on any atom is 0.290 e. The molecule has 0 aliphatic carbocycles. The molecular formula is C15H25NO2. The second kappa shape index (κ2) is 13.3. The molecule has 0 aromatic rings. The van der Waals surface area contributed by atoms with Crippen LogP contribution in [-0.4, -0.2) is 17.6 Å². The summed E-state index contributed by atoms with van der Waals surface area (Å²) in [5.74, 6) is 0. The Bertz CT molecular complexity index is 304. The van der Waals surface area contributed by atoms with E-state index < -0.39 is 0 Å². The summed E-state index contributed by atoms with van der Waals surface area (Å²) in [5, 5.41) is 10.3. The van der Waals surface area contributed by atoms with Crippen molar-refractivity contribution in [1.29, 1.82) is 0 Å². The van der Waals surface area contributed by atoms with Crippen LogP contribution in [0.2, 0.25) is 0 Å². The molecule has 2 N–H and O–H groups in total. The molecule has 102 valence electrons. The molecule has 0 spiro atoms. The zero-order chi connectivity index (χ0) is 14.4. The van der Waals surface area contributed by atoms with Gasteiger partial charge in [0.15, 0.2) is 0 Å². The lowest BCUT2D eigenvalue weighted by molar-refractivity contribution is -0.122. The molecule has 1 rings (SSSR count). The Morgan fingerprint density at radius 1 is 1.28 bits per heavy atom. The molecule has 1 saturated heterocycles. The Kier molecular flexibility index (Phi) is 13.7. The first-order valence-corrected chi connectivity index (χ1v) is 6.18. The third kappa shape index (κ3) is 8.39. The Hall–Kier alpha value is -1.77. The summed E-state index contributed by atoms with van der Waals surface area (Å²) in [6.07, 6.45) is 10.1. The Labute approximate surface area is 111 Å². The number of rotatable bonds is 2. The van der Waals surface area contributed by atoms with Gasteiger partial charge in [0.1, 0.15) is 0 Å². The van der Waals surface area contributed by atoms with E-state index >= 15 is 0 Å². The molecular weight excluding hydrogens is 226 g/mol. The smallest absolute Gasteiger partial charge is 0.290 e. The topological polar surface area (TPSA) is 49.3 Å². The minimum absolute atomic E-state index is 0.250. The van der Waals surface area contributed by atoms with Gasteiger partial charge in [0, 0.05) is 11.7 Å². The molecule has 1 atom stereocenters. The molecule has 3 heteroatoms. The van der Waals surface area contributed by atoms with Gasteiger partial charge in [0.05, 0.1) is 0 Å². The molecule has 3 nitrogen and oxygen atoms in total. The molecule has 0 aromatic carbocycles. The van der Waals surface area contributed by atoms with Crippen molar-refractivity contribution in [3.8, 4) is 0 Å². The fourth-order valence-corrected chi connectivity index (χ4v) is 1.53. The van der Waals surface area contributed by atoms with Gasteiger partial charge in [-0.2, -0.15) is 0 Å². The van der Waals surface area contributed by atoms with Crippen molar-refractivity contribution < 1.29 is 9.90 Å². The fourth-order valence-electron chi connectivity index (χ4n) is 1.53. The second-order valence-electron chi connectivity index (χ2n) is 3.43. The van der Waals surface area contributed by atoms with Crippen molar-refractivity contribution in [3.63, 3.8) is 0 Å². The molecule has 1 aliphatic heterocycles. The molecule has 0 bridgehead atoms. The Morgan fingerprint density at radius 3 is 2.22 bits per heavy atom. The van der Waals surface area contributed by atoms with Crippen LogP contribution in [-0.2, 0) is 4.79 Å². The van der Waals surface area contributed by atoms with Crippen LogP contribution in [0.25, 0.3) is 0 Å². The van der Waals surface area contributed by atoms with Gasteiger partial charge in [0.2, 0.25) is 0 Å². The lowest BCUT2D eigenvalue weighted by atomic mass is 9.97. The van der Waals surface area contributed by atoms with E-state index in [4.69, 9.17) is 9.90 Å². The first kappa shape index (κ1) is 18.6. The zero-order valence-corrected chi connectivity index (χ0v) is 11.6. The van der Waals surface area contributed by atoms with E-state index in [0.29, 0.717) is 6.04 Å². The van der Waals surface area contributed by atoms with Crippen molar-refractivity contribution in [3.05, 3.63) is 48.7 Å². The molecule has 0 unspecified atom stereocenters. The van der Waals surface area contributed by atoms with E-state index in [1.165, 1.54) is 17.7 Å². The van der Waals surface area contributed by atoms with Gasteiger partial charge in [-0.1, -0.05) is 45.2 Å². The van der Waals surface area contributed by atoms with Crippen LogP contribution in [0.3, 0.4) is 0 Å². The van der Waals surface area contributed by atoms with Crippen LogP contribution in [0.15, 0.2) is 48.7 Å². The lowest BCUT2D eigenvalue weighted by Crippen LogP contribution is -2.30. The van der Waals surface area contributed by atoms with Crippen LogP contribution in [0.4, 0.5) is 0 Å². The molecule has 18 heavy (non-hydrogen) atoms. The average molecular weight is 251 g/mol. The van der Waals surface area contributed by atoms with Gasteiger partial charge in [-0.3, -0.25) is 4.79 Å². The number of nitrogens with one attached hydrogen (secondary N) is 1. The monoisotopic (exact) mass is 251 g/mol. The summed E-state index contributed by atoms with van der Waals surface area (Å²) >= 11 is 0. The highest BCUT2D eigenvalue weighted by atomic mass is 16.3. The summed E-state index contributed by atoms with van der Waals surface area (Å²) in [7, 11) is 0. The van der Waals surface area contributed by atoms with Gasteiger partial charge < -0.3 is 10.4 Å². The quantitative estimate of drug-likeness (QED) is 0.736. The van der Waals surface area contributed by atoms with E-state index in [1.54, 1.807) is 0 Å². The summed E-state index contributed by atoms with van der Waals surface area (Å²) in [5.41, 5.74) is 2.52. The van der Waals surface area contributed by atoms with Gasteiger partial charge in [0.25, 0.3) is 6.47 Å². The maximum absolute atomic E-state index is 8.36. The summed E-state index contributed by atoms with van der Waals surface area (Å²) in [6, 6.07) is 0.563. The molecule has 1 aliphatic rings. The van der Waals surface area contributed by atoms with Gasteiger partial charge in [-0.05, 0) is 31.4 Å².